The summed E-state index contributed by atoms with van der Waals surface area (Å²) in [6.45, 7) is 0.284. The van der Waals surface area contributed by atoms with E-state index in [-0.39, 0.29) is 16.4 Å². The van der Waals surface area contributed by atoms with Crippen LogP contribution in [0.5, 0.6) is 51.1 Å². The van der Waals surface area contributed by atoms with E-state index in [4.69, 9.17) is 10.5 Å². The first-order chi connectivity index (χ1) is 19.8. The Morgan fingerprint density at radius 1 is 0.884 bits per heavy atom. The number of phenols is 8. The van der Waals surface area contributed by atoms with Crippen LogP contribution in [0.25, 0.3) is 0 Å². The highest BCUT2D eigenvalue weighted by atomic mass is 32.1. The summed E-state index contributed by atoms with van der Waals surface area (Å²) in [5.74, 6) is -19.6. The standard InChI is InChI=1S/C23H28N4O15S/c1-5-9(13(30)19(36)18(35)12(5)29)7(42-2)4-25-23(40,41)22(38,39)10-14(31)16(33)11(17(34)15(10)32)27-8(28)3-6-20(37)43-21(24)26-6/h7,25,29-41H,3-4H2,1-2H3,(H2,24,26)(H,27,28). The van der Waals surface area contributed by atoms with E-state index >= 15 is 0 Å². The summed E-state index contributed by atoms with van der Waals surface area (Å²) in [5, 5.41) is 137. The van der Waals surface area contributed by atoms with Gasteiger partial charge >= 0.3 is 0 Å². The monoisotopic (exact) mass is 632 g/mol. The number of benzene rings is 2. The maximum absolute atomic E-state index is 12.4. The van der Waals surface area contributed by atoms with Gasteiger partial charge in [-0.25, -0.2) is 4.98 Å². The Bertz CT molecular complexity index is 1510. The quantitative estimate of drug-likeness (QED) is 0.0673. The van der Waals surface area contributed by atoms with Crippen LogP contribution in [0.3, 0.4) is 0 Å². The molecular weight excluding hydrogens is 604 g/mol. The number of aliphatic hydroxyl groups is 4. The highest BCUT2D eigenvalue weighted by Crippen LogP contribution is 2.54. The minimum absolute atomic E-state index is 0.0823. The van der Waals surface area contributed by atoms with Gasteiger partial charge in [-0.3, -0.25) is 10.1 Å². The number of hydrogen-bond donors (Lipinski definition) is 16. The van der Waals surface area contributed by atoms with Crippen molar-refractivity contribution in [3.05, 3.63) is 22.4 Å². The summed E-state index contributed by atoms with van der Waals surface area (Å²) >= 11 is 0.646. The topological polar surface area (TPSA) is 352 Å². The van der Waals surface area contributed by atoms with E-state index < -0.39 is 105 Å². The number of phenolic OH excluding ortho intramolecular Hbond substituents is 8. The minimum atomic E-state index is -4.18. The second kappa shape index (κ2) is 11.5. The van der Waals surface area contributed by atoms with Gasteiger partial charge < -0.3 is 82.2 Å². The summed E-state index contributed by atoms with van der Waals surface area (Å²) < 4.78 is 5.09. The molecule has 1 unspecified atom stereocenters. The third-order valence-electron chi connectivity index (χ3n) is 6.34. The highest BCUT2D eigenvalue weighted by Gasteiger charge is 2.54. The van der Waals surface area contributed by atoms with Crippen molar-refractivity contribution in [3.63, 3.8) is 0 Å². The van der Waals surface area contributed by atoms with Crippen molar-refractivity contribution in [2.75, 3.05) is 24.7 Å². The number of aromatic nitrogens is 1. The number of thiazole rings is 1. The van der Waals surface area contributed by atoms with Crippen LogP contribution in [0.2, 0.25) is 0 Å². The van der Waals surface area contributed by atoms with Gasteiger partial charge in [0.15, 0.2) is 44.7 Å². The number of nitrogens with zero attached hydrogens (tertiary/aromatic N) is 1. The molecule has 43 heavy (non-hydrogen) atoms. The number of hydrogen-bond acceptors (Lipinski definition) is 19. The van der Waals surface area contributed by atoms with Crippen molar-refractivity contribution in [2.24, 2.45) is 0 Å². The van der Waals surface area contributed by atoms with Crippen molar-refractivity contribution in [3.8, 4) is 51.1 Å². The zero-order chi connectivity index (χ0) is 32.8. The largest absolute Gasteiger partial charge is 0.504 e. The van der Waals surface area contributed by atoms with Crippen molar-refractivity contribution in [1.82, 2.24) is 10.3 Å². The average Bonchev–Trinajstić information content (AvgIpc) is 3.24. The molecule has 0 aliphatic rings. The summed E-state index contributed by atoms with van der Waals surface area (Å²) in [6.07, 6.45) is -2.20. The smallest absolute Gasteiger partial charge is 0.284 e. The zero-order valence-electron chi connectivity index (χ0n) is 22.1. The van der Waals surface area contributed by atoms with Gasteiger partial charge in [-0.2, -0.15) is 0 Å². The molecule has 0 aliphatic heterocycles. The van der Waals surface area contributed by atoms with Crippen LogP contribution in [0.15, 0.2) is 0 Å². The van der Waals surface area contributed by atoms with Gasteiger partial charge in [-0.15, -0.1) is 0 Å². The fraction of sp³-hybridized carbons (Fsp3) is 0.304. The Kier molecular flexibility index (Phi) is 8.79. The van der Waals surface area contributed by atoms with E-state index in [2.05, 4.69) is 4.98 Å². The summed E-state index contributed by atoms with van der Waals surface area (Å²) in [4.78, 5) is 16.1. The molecule has 0 fully saturated rings. The first-order valence-corrected chi connectivity index (χ1v) is 12.5. The SMILES string of the molecule is COC(CNC(O)(O)C(O)(O)c1c(O)c(O)c(NC(=O)Cc2nc(N)sc2O)c(O)c1O)c1c(C)c(O)c(O)c(O)c1O. The van der Waals surface area contributed by atoms with Crippen LogP contribution in [-0.2, 0) is 21.7 Å². The molecule has 1 atom stereocenters. The van der Waals surface area contributed by atoms with Gasteiger partial charge in [-0.05, 0) is 6.92 Å². The predicted octanol–water partition coefficient (Wildman–Crippen LogP) is -1.68. The van der Waals surface area contributed by atoms with Crippen molar-refractivity contribution >= 4 is 28.1 Å². The van der Waals surface area contributed by atoms with Crippen LogP contribution in [0.4, 0.5) is 10.8 Å². The molecule has 17 N–H and O–H groups in total. The Labute approximate surface area is 243 Å². The normalized spacial score (nSPS) is 12.8. The first kappa shape index (κ1) is 32.8. The molecule has 0 saturated heterocycles. The maximum Gasteiger partial charge on any atom is 0.284 e. The molecule has 236 valence electrons. The van der Waals surface area contributed by atoms with E-state index in [1.807, 2.05) is 5.32 Å². The van der Waals surface area contributed by atoms with Gasteiger partial charge in [0.05, 0.1) is 12.5 Å². The number of aromatic hydroxyl groups is 9. The third-order valence-corrected chi connectivity index (χ3v) is 7.07. The number of methoxy groups -OCH3 is 1. The molecule has 1 amide bonds. The second-order valence-electron chi connectivity index (χ2n) is 9.06. The fourth-order valence-electron chi connectivity index (χ4n) is 4.02. The van der Waals surface area contributed by atoms with Gasteiger partial charge in [0.1, 0.15) is 16.9 Å². The van der Waals surface area contributed by atoms with Crippen LogP contribution in [-0.4, -0.2) is 96.8 Å². The lowest BCUT2D eigenvalue weighted by atomic mass is 9.96. The molecule has 2 aromatic carbocycles. The van der Waals surface area contributed by atoms with Gasteiger partial charge in [0.25, 0.3) is 11.7 Å². The van der Waals surface area contributed by atoms with E-state index in [0.29, 0.717) is 11.3 Å². The van der Waals surface area contributed by atoms with E-state index in [1.54, 1.807) is 5.32 Å². The van der Waals surface area contributed by atoms with Gasteiger partial charge in [0, 0.05) is 24.8 Å². The maximum atomic E-state index is 12.4. The molecule has 0 spiro atoms. The molecule has 0 saturated carbocycles. The third kappa shape index (κ3) is 5.70. The molecule has 3 rings (SSSR count). The number of nitrogen functional groups attached to an aromatic ring is 1. The number of anilines is 2. The summed E-state index contributed by atoms with van der Waals surface area (Å²) in [7, 11) is 1.03. The average molecular weight is 633 g/mol. The minimum Gasteiger partial charge on any atom is -0.504 e. The van der Waals surface area contributed by atoms with Crippen molar-refractivity contribution in [2.45, 2.75) is 31.1 Å². The number of carbonyl (C=O) groups excluding carboxylic acids is 1. The molecule has 3 aromatic rings. The number of nitrogens with one attached hydrogen (secondary N) is 2. The molecule has 19 nitrogen and oxygen atoms in total. The first-order valence-electron chi connectivity index (χ1n) is 11.7. The number of nitrogens with two attached hydrogens (primary N) is 1. The molecule has 1 heterocycles. The zero-order valence-corrected chi connectivity index (χ0v) is 22.9. The number of ether oxygens (including phenoxy) is 1. The van der Waals surface area contributed by atoms with E-state index in [1.165, 1.54) is 6.92 Å². The fourth-order valence-corrected chi connectivity index (χ4v) is 4.61. The van der Waals surface area contributed by atoms with Crippen LogP contribution < -0.4 is 16.4 Å². The lowest BCUT2D eigenvalue weighted by molar-refractivity contribution is -0.380. The predicted molar refractivity (Wildman–Crippen MR) is 143 cm³/mol. The Hall–Kier alpha value is -4.70. The highest BCUT2D eigenvalue weighted by molar-refractivity contribution is 7.17. The number of amides is 1. The molecule has 0 aliphatic carbocycles. The molecular formula is C23H28N4O15S. The molecule has 20 heteroatoms. The van der Waals surface area contributed by atoms with Crippen LogP contribution in [0, 0.1) is 6.92 Å². The summed E-state index contributed by atoms with van der Waals surface area (Å²) in [6, 6.07) is 0. The molecule has 1 aromatic heterocycles. The lowest BCUT2D eigenvalue weighted by Gasteiger charge is -2.37. The van der Waals surface area contributed by atoms with Gasteiger partial charge in [-0.1, -0.05) is 11.3 Å². The van der Waals surface area contributed by atoms with Crippen LogP contribution in [0.1, 0.15) is 28.5 Å². The summed E-state index contributed by atoms with van der Waals surface area (Å²) in [5.41, 5.74) is 1.87. The Balaban J connectivity index is 1.93. The van der Waals surface area contributed by atoms with Crippen molar-refractivity contribution in [1.29, 1.82) is 0 Å². The molecule has 0 bridgehead atoms. The van der Waals surface area contributed by atoms with Crippen LogP contribution >= 0.6 is 11.3 Å². The number of carbonyl (C=O) groups is 1. The van der Waals surface area contributed by atoms with Gasteiger partial charge in [0.2, 0.25) is 17.4 Å². The number of rotatable bonds is 10. The van der Waals surface area contributed by atoms with E-state index in [9.17, 15) is 71.2 Å². The Morgan fingerprint density at radius 2 is 1.42 bits per heavy atom. The Morgan fingerprint density at radius 3 is 1.91 bits per heavy atom. The lowest BCUT2D eigenvalue weighted by Crippen LogP contribution is -2.62. The van der Waals surface area contributed by atoms with Crippen molar-refractivity contribution < 1.29 is 75.9 Å². The second-order valence-corrected chi connectivity index (χ2v) is 10.1. The van der Waals surface area contributed by atoms with E-state index in [0.717, 1.165) is 7.11 Å². The molecule has 0 radical (unpaired) electrons.